The van der Waals surface area contributed by atoms with E-state index in [1.165, 1.54) is 0 Å². The number of amides is 3. The summed E-state index contributed by atoms with van der Waals surface area (Å²) in [7, 11) is 1.66. The third-order valence-corrected chi connectivity index (χ3v) is 2.66. The van der Waals surface area contributed by atoms with Crippen molar-refractivity contribution in [3.63, 3.8) is 0 Å². The van der Waals surface area contributed by atoms with Crippen LogP contribution in [-0.2, 0) is 16.1 Å². The lowest BCUT2D eigenvalue weighted by Gasteiger charge is -2.13. The third kappa shape index (κ3) is 6.73. The van der Waals surface area contributed by atoms with Crippen LogP contribution < -0.4 is 21.1 Å². The zero-order valence-corrected chi connectivity index (χ0v) is 12.2. The van der Waals surface area contributed by atoms with Crippen LogP contribution in [0.3, 0.4) is 0 Å². The Morgan fingerprint density at radius 2 is 1.95 bits per heavy atom. The van der Waals surface area contributed by atoms with Crippen molar-refractivity contribution in [3.8, 4) is 5.75 Å². The number of urea groups is 1. The van der Waals surface area contributed by atoms with Gasteiger partial charge in [0, 0.05) is 20.2 Å². The molecule has 1 aromatic carbocycles. The van der Waals surface area contributed by atoms with Crippen molar-refractivity contribution < 1.29 is 19.1 Å². The summed E-state index contributed by atoms with van der Waals surface area (Å²) in [5.41, 5.74) is 5.96. The minimum atomic E-state index is -0.895. The van der Waals surface area contributed by atoms with Crippen LogP contribution in [0.25, 0.3) is 0 Å². The number of benzene rings is 1. The first-order valence-electron chi connectivity index (χ1n) is 6.58. The van der Waals surface area contributed by atoms with Crippen LogP contribution >= 0.6 is 0 Å². The van der Waals surface area contributed by atoms with E-state index in [0.717, 1.165) is 18.7 Å². The predicted octanol–water partition coefficient (Wildman–Crippen LogP) is 0.385. The van der Waals surface area contributed by atoms with Gasteiger partial charge in [-0.3, -0.25) is 10.1 Å². The number of ether oxygens (including phenoxy) is 2. The molecule has 0 bridgehead atoms. The number of carbonyl (C=O) groups excluding carboxylic acids is 2. The fourth-order valence-corrected chi connectivity index (χ4v) is 1.57. The first kappa shape index (κ1) is 16.9. The summed E-state index contributed by atoms with van der Waals surface area (Å²) in [5.74, 6) is -0.0319. The molecule has 0 spiro atoms. The van der Waals surface area contributed by atoms with Gasteiger partial charge in [-0.15, -0.1) is 0 Å². The van der Waals surface area contributed by atoms with E-state index in [1.54, 1.807) is 26.2 Å². The number of rotatable bonds is 8. The number of nitrogens with two attached hydrogens (primary N) is 1. The molecule has 1 aromatic rings. The van der Waals surface area contributed by atoms with Crippen LogP contribution in [0.1, 0.15) is 12.5 Å². The van der Waals surface area contributed by atoms with Crippen molar-refractivity contribution in [3.05, 3.63) is 29.8 Å². The van der Waals surface area contributed by atoms with Crippen molar-refractivity contribution in [2.75, 3.05) is 20.3 Å². The van der Waals surface area contributed by atoms with Gasteiger partial charge < -0.3 is 20.5 Å². The van der Waals surface area contributed by atoms with E-state index in [-0.39, 0.29) is 0 Å². The van der Waals surface area contributed by atoms with Crippen molar-refractivity contribution >= 4 is 11.9 Å². The minimum absolute atomic E-state index is 0.544. The molecule has 0 saturated carbocycles. The lowest BCUT2D eigenvalue weighted by molar-refractivity contribution is -0.126. The van der Waals surface area contributed by atoms with Crippen molar-refractivity contribution in [1.82, 2.24) is 10.6 Å². The summed E-state index contributed by atoms with van der Waals surface area (Å²) in [5, 5.41) is 5.19. The van der Waals surface area contributed by atoms with E-state index in [0.29, 0.717) is 12.4 Å². The largest absolute Gasteiger partial charge is 0.481 e. The molecule has 0 aliphatic heterocycles. The van der Waals surface area contributed by atoms with Crippen LogP contribution in [-0.4, -0.2) is 38.3 Å². The van der Waals surface area contributed by atoms with Gasteiger partial charge in [0.2, 0.25) is 0 Å². The average molecular weight is 295 g/mol. The summed E-state index contributed by atoms with van der Waals surface area (Å²) in [6.07, 6.45) is -0.803. The van der Waals surface area contributed by atoms with Crippen LogP contribution in [0.5, 0.6) is 5.75 Å². The monoisotopic (exact) mass is 295 g/mol. The van der Waals surface area contributed by atoms with E-state index in [2.05, 4.69) is 5.32 Å². The van der Waals surface area contributed by atoms with Gasteiger partial charge in [0.25, 0.3) is 5.91 Å². The lowest BCUT2D eigenvalue weighted by Crippen LogP contribution is -2.42. The zero-order chi connectivity index (χ0) is 15.7. The summed E-state index contributed by atoms with van der Waals surface area (Å²) in [6, 6.07) is 6.43. The standard InChI is InChI=1S/C14H21N3O4/c1-10(13(18)17-14(15)19)21-12-5-3-11(4-6-12)9-16-7-8-20-2/h3-6,10,16H,7-9H2,1-2H3,(H3,15,17,18,19). The Balaban J connectivity index is 2.43. The molecule has 116 valence electrons. The van der Waals surface area contributed by atoms with Crippen molar-refractivity contribution in [1.29, 1.82) is 0 Å². The number of imide groups is 1. The third-order valence-electron chi connectivity index (χ3n) is 2.66. The average Bonchev–Trinajstić information content (AvgIpc) is 2.44. The van der Waals surface area contributed by atoms with E-state index in [1.807, 2.05) is 17.4 Å². The highest BCUT2D eigenvalue weighted by molar-refractivity contribution is 5.95. The van der Waals surface area contributed by atoms with Gasteiger partial charge in [-0.25, -0.2) is 4.79 Å². The normalized spacial score (nSPS) is 11.7. The Morgan fingerprint density at radius 3 is 2.52 bits per heavy atom. The lowest BCUT2D eigenvalue weighted by atomic mass is 10.2. The fourth-order valence-electron chi connectivity index (χ4n) is 1.57. The Hall–Kier alpha value is -2.12. The second-order valence-corrected chi connectivity index (χ2v) is 4.43. The van der Waals surface area contributed by atoms with Crippen molar-refractivity contribution in [2.24, 2.45) is 5.73 Å². The zero-order valence-electron chi connectivity index (χ0n) is 12.2. The number of hydrogen-bond acceptors (Lipinski definition) is 5. The Kier molecular flexibility index (Phi) is 7.20. The maximum absolute atomic E-state index is 11.5. The summed E-state index contributed by atoms with van der Waals surface area (Å²) >= 11 is 0. The predicted molar refractivity (Wildman–Crippen MR) is 77.8 cm³/mol. The maximum Gasteiger partial charge on any atom is 0.318 e. The number of carbonyl (C=O) groups is 2. The summed E-state index contributed by atoms with van der Waals surface area (Å²) in [6.45, 7) is 3.70. The molecular formula is C14H21N3O4. The van der Waals surface area contributed by atoms with E-state index in [4.69, 9.17) is 15.2 Å². The molecule has 0 radical (unpaired) electrons. The number of hydrogen-bond donors (Lipinski definition) is 3. The molecule has 7 heteroatoms. The van der Waals surface area contributed by atoms with Gasteiger partial charge in [-0.1, -0.05) is 12.1 Å². The van der Waals surface area contributed by atoms with Crippen LogP contribution in [0, 0.1) is 0 Å². The molecule has 0 aliphatic rings. The minimum Gasteiger partial charge on any atom is -0.481 e. The first-order valence-corrected chi connectivity index (χ1v) is 6.58. The molecule has 3 amide bonds. The second kappa shape index (κ2) is 8.93. The number of methoxy groups -OCH3 is 1. The Morgan fingerprint density at radius 1 is 1.29 bits per heavy atom. The molecule has 21 heavy (non-hydrogen) atoms. The van der Waals surface area contributed by atoms with Gasteiger partial charge in [0.05, 0.1) is 6.61 Å². The molecule has 0 aliphatic carbocycles. The van der Waals surface area contributed by atoms with E-state index < -0.39 is 18.0 Å². The molecule has 0 saturated heterocycles. The second-order valence-electron chi connectivity index (χ2n) is 4.43. The Bertz CT molecular complexity index is 462. The molecule has 4 N–H and O–H groups in total. The van der Waals surface area contributed by atoms with E-state index in [9.17, 15) is 9.59 Å². The van der Waals surface area contributed by atoms with Gasteiger partial charge in [-0.2, -0.15) is 0 Å². The highest BCUT2D eigenvalue weighted by atomic mass is 16.5. The first-order chi connectivity index (χ1) is 10.0. The topological polar surface area (TPSA) is 103 Å². The van der Waals surface area contributed by atoms with E-state index >= 15 is 0 Å². The van der Waals surface area contributed by atoms with Crippen molar-refractivity contribution in [2.45, 2.75) is 19.6 Å². The number of nitrogens with one attached hydrogen (secondary N) is 2. The van der Waals surface area contributed by atoms with Gasteiger partial charge in [-0.05, 0) is 24.6 Å². The highest BCUT2D eigenvalue weighted by Gasteiger charge is 2.15. The quantitative estimate of drug-likeness (QED) is 0.602. The Labute approximate surface area is 123 Å². The molecule has 1 rings (SSSR count). The summed E-state index contributed by atoms with van der Waals surface area (Å²) < 4.78 is 10.4. The highest BCUT2D eigenvalue weighted by Crippen LogP contribution is 2.14. The molecule has 0 heterocycles. The molecule has 7 nitrogen and oxygen atoms in total. The SMILES string of the molecule is COCCNCc1ccc(OC(C)C(=O)NC(N)=O)cc1. The molecular weight excluding hydrogens is 274 g/mol. The van der Waals surface area contributed by atoms with Crippen LogP contribution in [0.15, 0.2) is 24.3 Å². The maximum atomic E-state index is 11.5. The smallest absolute Gasteiger partial charge is 0.318 e. The van der Waals surface area contributed by atoms with Crippen LogP contribution in [0.4, 0.5) is 4.79 Å². The van der Waals surface area contributed by atoms with Gasteiger partial charge in [0.1, 0.15) is 5.75 Å². The molecule has 1 atom stereocenters. The van der Waals surface area contributed by atoms with Crippen LogP contribution in [0.2, 0.25) is 0 Å². The van der Waals surface area contributed by atoms with Gasteiger partial charge in [0.15, 0.2) is 6.10 Å². The number of primary amides is 1. The molecule has 0 fully saturated rings. The molecule has 1 unspecified atom stereocenters. The fraction of sp³-hybridized carbons (Fsp3) is 0.429. The molecule has 0 aromatic heterocycles. The summed E-state index contributed by atoms with van der Waals surface area (Å²) in [4.78, 5) is 22.0. The van der Waals surface area contributed by atoms with Gasteiger partial charge >= 0.3 is 6.03 Å².